The van der Waals surface area contributed by atoms with Crippen molar-refractivity contribution in [1.82, 2.24) is 15.0 Å². The van der Waals surface area contributed by atoms with Gasteiger partial charge in [0.1, 0.15) is 23.8 Å². The molecule has 3 rings (SSSR count). The van der Waals surface area contributed by atoms with Gasteiger partial charge in [0.2, 0.25) is 0 Å². The molecule has 0 aliphatic heterocycles. The first-order valence-electron chi connectivity index (χ1n) is 6.03. The number of nitrogens with zero attached hydrogens (tertiary/aromatic N) is 3. The SMILES string of the molecule is [Rh].c1cncc([PH+](c2cccnc2)c2cccnc2)c1. The summed E-state index contributed by atoms with van der Waals surface area (Å²) in [5, 5.41) is 3.73. The van der Waals surface area contributed by atoms with Crippen molar-refractivity contribution in [3.63, 3.8) is 0 Å². The topological polar surface area (TPSA) is 38.7 Å². The van der Waals surface area contributed by atoms with E-state index in [9.17, 15) is 0 Å². The van der Waals surface area contributed by atoms with Crippen LogP contribution in [0, 0.1) is 0 Å². The van der Waals surface area contributed by atoms with Crippen molar-refractivity contribution >= 4 is 23.8 Å². The molecule has 20 heavy (non-hydrogen) atoms. The Balaban J connectivity index is 0.00000147. The molecule has 0 amide bonds. The molecule has 0 spiro atoms. The van der Waals surface area contributed by atoms with Crippen LogP contribution in [0.5, 0.6) is 0 Å². The second kappa shape index (κ2) is 7.33. The molecule has 3 heterocycles. The van der Waals surface area contributed by atoms with E-state index in [-0.39, 0.29) is 19.5 Å². The maximum atomic E-state index is 4.24. The molecule has 0 aliphatic rings. The second-order valence-corrected chi connectivity index (χ2v) is 6.58. The molecular weight excluding hydrogens is 356 g/mol. The summed E-state index contributed by atoms with van der Waals surface area (Å²) in [6, 6.07) is 12.3. The van der Waals surface area contributed by atoms with Gasteiger partial charge in [-0.1, -0.05) is 0 Å². The van der Waals surface area contributed by atoms with Crippen molar-refractivity contribution in [1.29, 1.82) is 0 Å². The summed E-state index contributed by atoms with van der Waals surface area (Å²) in [4.78, 5) is 12.7. The third-order valence-electron chi connectivity index (χ3n) is 2.85. The Kier molecular flexibility index (Phi) is 5.46. The molecule has 0 saturated heterocycles. The minimum atomic E-state index is -1.06. The smallest absolute Gasteiger partial charge is 0.120 e. The molecule has 0 aromatic carbocycles. The van der Waals surface area contributed by atoms with E-state index >= 15 is 0 Å². The van der Waals surface area contributed by atoms with Gasteiger partial charge in [0, 0.05) is 38.1 Å². The first kappa shape index (κ1) is 14.9. The van der Waals surface area contributed by atoms with Gasteiger partial charge >= 0.3 is 0 Å². The van der Waals surface area contributed by atoms with Gasteiger partial charge in [0.25, 0.3) is 0 Å². The standard InChI is InChI=1S/C15H12N3P.Rh/c1-4-13(10-16-7-1)19(14-5-2-8-17-11-14)15-6-3-9-18-12-15;/h1-12H;/p+1. The van der Waals surface area contributed by atoms with E-state index in [1.54, 1.807) is 18.6 Å². The molecule has 0 saturated carbocycles. The molecule has 0 bridgehead atoms. The number of hydrogen-bond acceptors (Lipinski definition) is 3. The van der Waals surface area contributed by atoms with Crippen LogP contribution in [0.2, 0.25) is 0 Å². The molecule has 0 unspecified atom stereocenters. The predicted octanol–water partition coefficient (Wildman–Crippen LogP) is 1.36. The Morgan fingerprint density at radius 1 is 0.600 bits per heavy atom. The van der Waals surface area contributed by atoms with Crippen molar-refractivity contribution in [3.05, 3.63) is 73.6 Å². The van der Waals surface area contributed by atoms with Gasteiger partial charge in [-0.15, -0.1) is 0 Å². The van der Waals surface area contributed by atoms with Crippen molar-refractivity contribution in [2.75, 3.05) is 0 Å². The van der Waals surface area contributed by atoms with Crippen LogP contribution in [-0.4, -0.2) is 15.0 Å². The van der Waals surface area contributed by atoms with E-state index in [0.29, 0.717) is 0 Å². The maximum absolute atomic E-state index is 4.24. The Bertz CT molecular complexity index is 541. The van der Waals surface area contributed by atoms with E-state index in [2.05, 4.69) is 33.2 Å². The third-order valence-corrected chi connectivity index (χ3v) is 5.47. The van der Waals surface area contributed by atoms with Gasteiger partial charge in [0.15, 0.2) is 0 Å². The Hall–Kier alpha value is -1.50. The molecule has 0 atom stereocenters. The number of pyridine rings is 3. The summed E-state index contributed by atoms with van der Waals surface area (Å²) < 4.78 is 0. The third kappa shape index (κ3) is 3.33. The molecule has 101 valence electrons. The van der Waals surface area contributed by atoms with Gasteiger partial charge in [-0.05, 0) is 36.4 Å². The number of aromatic nitrogens is 3. The van der Waals surface area contributed by atoms with Crippen LogP contribution in [0.25, 0.3) is 0 Å². The predicted molar refractivity (Wildman–Crippen MR) is 79.9 cm³/mol. The summed E-state index contributed by atoms with van der Waals surface area (Å²) in [5.41, 5.74) is 0. The molecule has 1 radical (unpaired) electrons. The molecule has 5 heteroatoms. The van der Waals surface area contributed by atoms with Gasteiger partial charge < -0.3 is 0 Å². The van der Waals surface area contributed by atoms with E-state index in [1.165, 1.54) is 15.9 Å². The number of rotatable bonds is 3. The summed E-state index contributed by atoms with van der Waals surface area (Å²) in [5.74, 6) is 0. The molecule has 3 aromatic heterocycles. The van der Waals surface area contributed by atoms with Crippen molar-refractivity contribution in [3.8, 4) is 0 Å². The van der Waals surface area contributed by atoms with Crippen LogP contribution < -0.4 is 15.9 Å². The minimum absolute atomic E-state index is 0. The molecule has 0 fully saturated rings. The van der Waals surface area contributed by atoms with Crippen LogP contribution >= 0.6 is 7.92 Å². The van der Waals surface area contributed by atoms with Crippen LogP contribution in [0.3, 0.4) is 0 Å². The van der Waals surface area contributed by atoms with Crippen molar-refractivity contribution in [2.24, 2.45) is 0 Å². The van der Waals surface area contributed by atoms with Crippen molar-refractivity contribution < 1.29 is 19.5 Å². The second-order valence-electron chi connectivity index (χ2n) is 4.10. The van der Waals surface area contributed by atoms with E-state index < -0.39 is 7.92 Å². The average molecular weight is 369 g/mol. The fourth-order valence-corrected chi connectivity index (χ4v) is 4.43. The monoisotopic (exact) mass is 369 g/mol. The van der Waals surface area contributed by atoms with Gasteiger partial charge in [-0.3, -0.25) is 15.0 Å². The zero-order valence-corrected chi connectivity index (χ0v) is 13.2. The largest absolute Gasteiger partial charge is 0.261 e. The minimum Gasteiger partial charge on any atom is -0.261 e. The molecule has 3 nitrogen and oxygen atoms in total. The number of hydrogen-bond donors (Lipinski definition) is 0. The van der Waals surface area contributed by atoms with Crippen molar-refractivity contribution in [2.45, 2.75) is 0 Å². The Labute approximate surface area is 132 Å². The summed E-state index contributed by atoms with van der Waals surface area (Å²) in [6.07, 6.45) is 11.2. The van der Waals surface area contributed by atoms with Gasteiger partial charge in [0.05, 0.1) is 18.6 Å². The maximum Gasteiger partial charge on any atom is 0.120 e. The Morgan fingerprint density at radius 2 is 0.950 bits per heavy atom. The van der Waals surface area contributed by atoms with E-state index in [1.807, 2.05) is 36.8 Å². The fraction of sp³-hybridized carbons (Fsp3) is 0. The average Bonchev–Trinajstić information content (AvgIpc) is 2.51. The Morgan fingerprint density at radius 3 is 1.20 bits per heavy atom. The molecule has 3 aromatic rings. The van der Waals surface area contributed by atoms with Crippen LogP contribution in [0.4, 0.5) is 0 Å². The fourth-order valence-electron chi connectivity index (χ4n) is 2.03. The van der Waals surface area contributed by atoms with Gasteiger partial charge in [-0.25, -0.2) is 0 Å². The molecular formula is C15H13N3PRh+. The molecule has 0 N–H and O–H groups in total. The summed E-state index contributed by atoms with van der Waals surface area (Å²) in [6.45, 7) is 0. The zero-order chi connectivity index (χ0) is 12.9. The molecule has 0 aliphatic carbocycles. The van der Waals surface area contributed by atoms with E-state index in [4.69, 9.17) is 0 Å². The van der Waals surface area contributed by atoms with E-state index in [0.717, 1.165) is 0 Å². The quantitative estimate of drug-likeness (QED) is 0.517. The first-order chi connectivity index (χ1) is 9.45. The van der Waals surface area contributed by atoms with Crippen LogP contribution in [0.1, 0.15) is 0 Å². The van der Waals surface area contributed by atoms with Gasteiger partial charge in [-0.2, -0.15) is 0 Å². The summed E-state index contributed by atoms with van der Waals surface area (Å²) in [7, 11) is -1.06. The zero-order valence-electron chi connectivity index (χ0n) is 10.6. The normalized spacial score (nSPS) is 10.1. The van der Waals surface area contributed by atoms with Crippen LogP contribution in [-0.2, 0) is 19.5 Å². The summed E-state index contributed by atoms with van der Waals surface area (Å²) >= 11 is 0. The van der Waals surface area contributed by atoms with Crippen LogP contribution in [0.15, 0.2) is 73.6 Å². The first-order valence-corrected chi connectivity index (χ1v) is 7.53.